The van der Waals surface area contributed by atoms with Gasteiger partial charge >= 0.3 is 5.97 Å². The first-order valence-electron chi connectivity index (χ1n) is 5.86. The third kappa shape index (κ3) is 5.44. The van der Waals surface area contributed by atoms with Gasteiger partial charge in [-0.15, -0.1) is 0 Å². The fourth-order valence-corrected chi connectivity index (χ4v) is 1.76. The summed E-state index contributed by atoms with van der Waals surface area (Å²) in [4.78, 5) is 13.3. The molecule has 94 valence electrons. The Morgan fingerprint density at radius 2 is 2.31 bits per heavy atom. The van der Waals surface area contributed by atoms with E-state index in [-0.39, 0.29) is 12.4 Å². The minimum absolute atomic E-state index is 0.0746. The molecule has 0 spiro atoms. The number of β-amino-alcohol motifs (C(OH)–C–C–N with tert-alkyl or cyclic N) is 1. The number of ether oxygens (including phenoxy) is 2. The number of hydrogen-bond donors (Lipinski definition) is 1. The average molecular weight is 231 g/mol. The van der Waals surface area contributed by atoms with Crippen molar-refractivity contribution < 1.29 is 19.4 Å². The number of aliphatic hydroxyl groups excluding tert-OH is 1. The van der Waals surface area contributed by atoms with Crippen molar-refractivity contribution in [3.05, 3.63) is 0 Å². The Bertz CT molecular complexity index is 202. The lowest BCUT2D eigenvalue weighted by Crippen LogP contribution is -2.35. The van der Waals surface area contributed by atoms with Gasteiger partial charge in [0.25, 0.3) is 0 Å². The van der Waals surface area contributed by atoms with Gasteiger partial charge in [-0.05, 0) is 13.3 Å². The summed E-state index contributed by atoms with van der Waals surface area (Å²) in [6.07, 6.45) is 0.411. The Morgan fingerprint density at radius 1 is 1.50 bits per heavy atom. The molecule has 0 amide bonds. The lowest BCUT2D eigenvalue weighted by molar-refractivity contribution is -0.145. The van der Waals surface area contributed by atoms with Crippen LogP contribution in [0.3, 0.4) is 0 Å². The largest absolute Gasteiger partial charge is 0.466 e. The molecule has 1 unspecified atom stereocenters. The summed E-state index contributed by atoms with van der Waals surface area (Å²) in [7, 11) is 0. The van der Waals surface area contributed by atoms with Crippen molar-refractivity contribution in [2.24, 2.45) is 0 Å². The van der Waals surface area contributed by atoms with E-state index in [0.29, 0.717) is 19.8 Å². The van der Waals surface area contributed by atoms with Crippen LogP contribution < -0.4 is 0 Å². The van der Waals surface area contributed by atoms with Crippen molar-refractivity contribution in [2.45, 2.75) is 25.9 Å². The molecule has 0 aromatic heterocycles. The van der Waals surface area contributed by atoms with Gasteiger partial charge in [0.05, 0.1) is 25.7 Å². The number of carbonyl (C=O) groups excluding carboxylic acids is 1. The van der Waals surface area contributed by atoms with Gasteiger partial charge in [0, 0.05) is 26.2 Å². The number of rotatable bonds is 5. The van der Waals surface area contributed by atoms with Gasteiger partial charge in [-0.25, -0.2) is 0 Å². The zero-order chi connectivity index (χ0) is 11.8. The second-order valence-corrected chi connectivity index (χ2v) is 3.93. The van der Waals surface area contributed by atoms with E-state index in [9.17, 15) is 9.90 Å². The number of carbonyl (C=O) groups is 1. The van der Waals surface area contributed by atoms with Crippen LogP contribution in [0.2, 0.25) is 0 Å². The molecular formula is C11H21NO4. The SMILES string of the molecule is CCOC(=O)CC(O)CN1CCCOCC1. The molecule has 1 saturated heterocycles. The van der Waals surface area contributed by atoms with E-state index in [0.717, 1.165) is 26.1 Å². The molecule has 5 heteroatoms. The molecule has 1 aliphatic heterocycles. The molecule has 16 heavy (non-hydrogen) atoms. The Labute approximate surface area is 96.3 Å². The zero-order valence-electron chi connectivity index (χ0n) is 9.85. The smallest absolute Gasteiger partial charge is 0.308 e. The Kier molecular flexibility index (Phi) is 6.37. The second kappa shape index (κ2) is 7.60. The van der Waals surface area contributed by atoms with Gasteiger partial charge in [0.15, 0.2) is 0 Å². The van der Waals surface area contributed by atoms with Crippen LogP contribution >= 0.6 is 0 Å². The van der Waals surface area contributed by atoms with E-state index in [1.165, 1.54) is 0 Å². The highest BCUT2D eigenvalue weighted by Gasteiger charge is 2.17. The molecule has 1 fully saturated rings. The fraction of sp³-hybridized carbons (Fsp3) is 0.909. The van der Waals surface area contributed by atoms with Crippen LogP contribution in [0.15, 0.2) is 0 Å². The van der Waals surface area contributed by atoms with Gasteiger partial charge in [-0.2, -0.15) is 0 Å². The van der Waals surface area contributed by atoms with Gasteiger partial charge in [0.2, 0.25) is 0 Å². The summed E-state index contributed by atoms with van der Waals surface area (Å²) in [5.74, 6) is -0.332. The lowest BCUT2D eigenvalue weighted by atomic mass is 10.2. The minimum Gasteiger partial charge on any atom is -0.466 e. The maximum absolute atomic E-state index is 11.1. The molecule has 1 atom stereocenters. The van der Waals surface area contributed by atoms with Crippen molar-refractivity contribution in [3.63, 3.8) is 0 Å². The second-order valence-electron chi connectivity index (χ2n) is 3.93. The summed E-state index contributed by atoms with van der Waals surface area (Å²) in [5, 5.41) is 9.71. The van der Waals surface area contributed by atoms with Crippen LogP contribution in [-0.2, 0) is 14.3 Å². The van der Waals surface area contributed by atoms with Crippen molar-refractivity contribution in [1.29, 1.82) is 0 Å². The zero-order valence-corrected chi connectivity index (χ0v) is 9.85. The quantitative estimate of drug-likeness (QED) is 0.676. The monoisotopic (exact) mass is 231 g/mol. The van der Waals surface area contributed by atoms with Crippen LogP contribution in [0.25, 0.3) is 0 Å². The van der Waals surface area contributed by atoms with Crippen LogP contribution in [0.1, 0.15) is 19.8 Å². The molecule has 1 heterocycles. The minimum atomic E-state index is -0.642. The molecule has 5 nitrogen and oxygen atoms in total. The molecule has 1 N–H and O–H groups in total. The lowest BCUT2D eigenvalue weighted by Gasteiger charge is -2.21. The van der Waals surface area contributed by atoms with Crippen LogP contribution in [-0.4, -0.2) is 61.5 Å². The highest BCUT2D eigenvalue weighted by Crippen LogP contribution is 2.03. The first kappa shape index (κ1) is 13.4. The number of aliphatic hydroxyl groups is 1. The van der Waals surface area contributed by atoms with E-state index in [1.807, 2.05) is 0 Å². The molecule has 0 radical (unpaired) electrons. The fourth-order valence-electron chi connectivity index (χ4n) is 1.76. The topological polar surface area (TPSA) is 59.0 Å². The Hall–Kier alpha value is -0.650. The summed E-state index contributed by atoms with van der Waals surface area (Å²) < 4.78 is 10.1. The standard InChI is InChI=1S/C11H21NO4/c1-2-16-11(14)8-10(13)9-12-4-3-6-15-7-5-12/h10,13H,2-9H2,1H3. The summed E-state index contributed by atoms with van der Waals surface area (Å²) in [6.45, 7) is 5.86. The predicted molar refractivity (Wildman–Crippen MR) is 59.1 cm³/mol. The van der Waals surface area contributed by atoms with Crippen LogP contribution in [0.4, 0.5) is 0 Å². The molecule has 0 aromatic carbocycles. The maximum Gasteiger partial charge on any atom is 0.308 e. The Balaban J connectivity index is 2.21. The van der Waals surface area contributed by atoms with E-state index >= 15 is 0 Å². The molecule has 1 rings (SSSR count). The third-order valence-electron chi connectivity index (χ3n) is 2.49. The highest BCUT2D eigenvalue weighted by molar-refractivity contribution is 5.69. The summed E-state index contributed by atoms with van der Waals surface area (Å²) in [6, 6.07) is 0. The molecule has 0 bridgehead atoms. The van der Waals surface area contributed by atoms with Crippen molar-refractivity contribution in [2.75, 3.05) is 39.5 Å². The van der Waals surface area contributed by atoms with E-state index in [1.54, 1.807) is 6.92 Å². The van der Waals surface area contributed by atoms with Gasteiger partial charge in [0.1, 0.15) is 0 Å². The number of esters is 1. The van der Waals surface area contributed by atoms with E-state index in [2.05, 4.69) is 4.90 Å². The maximum atomic E-state index is 11.1. The van der Waals surface area contributed by atoms with Crippen LogP contribution in [0.5, 0.6) is 0 Å². The van der Waals surface area contributed by atoms with Crippen molar-refractivity contribution in [1.82, 2.24) is 4.90 Å². The first-order chi connectivity index (χ1) is 7.72. The van der Waals surface area contributed by atoms with Crippen LogP contribution in [0, 0.1) is 0 Å². The third-order valence-corrected chi connectivity index (χ3v) is 2.49. The Morgan fingerprint density at radius 3 is 3.06 bits per heavy atom. The summed E-state index contributed by atoms with van der Waals surface area (Å²) >= 11 is 0. The van der Waals surface area contributed by atoms with Gasteiger partial charge < -0.3 is 14.6 Å². The summed E-state index contributed by atoms with van der Waals surface area (Å²) in [5.41, 5.74) is 0. The normalized spacial score (nSPS) is 20.1. The highest BCUT2D eigenvalue weighted by atomic mass is 16.5. The molecule has 0 aliphatic carbocycles. The van der Waals surface area contributed by atoms with Gasteiger partial charge in [-0.3, -0.25) is 9.69 Å². The first-order valence-corrected chi connectivity index (χ1v) is 5.86. The van der Waals surface area contributed by atoms with Gasteiger partial charge in [-0.1, -0.05) is 0 Å². The molecular weight excluding hydrogens is 210 g/mol. The molecule has 0 saturated carbocycles. The molecule has 1 aliphatic rings. The van der Waals surface area contributed by atoms with Crippen molar-refractivity contribution in [3.8, 4) is 0 Å². The average Bonchev–Trinajstić information content (AvgIpc) is 2.46. The number of hydrogen-bond acceptors (Lipinski definition) is 5. The molecule has 0 aromatic rings. The van der Waals surface area contributed by atoms with E-state index in [4.69, 9.17) is 9.47 Å². The predicted octanol–water partition coefficient (Wildman–Crippen LogP) is 0.0228. The van der Waals surface area contributed by atoms with Crippen molar-refractivity contribution >= 4 is 5.97 Å². The van der Waals surface area contributed by atoms with E-state index < -0.39 is 6.10 Å². The number of nitrogens with zero attached hydrogens (tertiary/aromatic N) is 1.